The summed E-state index contributed by atoms with van der Waals surface area (Å²) >= 11 is 2.16. The second-order valence-corrected chi connectivity index (χ2v) is 4.55. The van der Waals surface area contributed by atoms with Crippen LogP contribution >= 0.6 is 22.6 Å². The lowest BCUT2D eigenvalue weighted by molar-refractivity contribution is -0.141. The minimum Gasteiger partial charge on any atom is -0.481 e. The maximum absolute atomic E-state index is 10.9. The third-order valence-corrected chi connectivity index (χ3v) is 3.73. The number of rotatable bonds is 4. The fourth-order valence-corrected chi connectivity index (χ4v) is 2.01. The molecule has 0 aliphatic carbocycles. The van der Waals surface area contributed by atoms with Crippen molar-refractivity contribution in [3.63, 3.8) is 0 Å². The van der Waals surface area contributed by atoms with Gasteiger partial charge in [0.05, 0.1) is 5.92 Å². The predicted octanol–water partition coefficient (Wildman–Crippen LogP) is 2.53. The third kappa shape index (κ3) is 3.09. The highest BCUT2D eigenvalue weighted by atomic mass is 127. The fraction of sp³-hybridized carbons (Fsp3) is 0.364. The number of aliphatic carboxylic acids is 1. The summed E-state index contributed by atoms with van der Waals surface area (Å²) in [5.74, 6) is -1.06. The minimum atomic E-state index is -0.740. The summed E-state index contributed by atoms with van der Waals surface area (Å²) in [6.07, 6.45) is 1.19. The van der Waals surface area contributed by atoms with Crippen LogP contribution in [0.25, 0.3) is 0 Å². The van der Waals surface area contributed by atoms with E-state index in [9.17, 15) is 4.79 Å². The first kappa shape index (κ1) is 12.3. The predicted molar refractivity (Wildman–Crippen MR) is 68.7 cm³/mol. The van der Waals surface area contributed by atoms with Gasteiger partial charge >= 0.3 is 5.97 Å². The molecule has 0 bridgehead atoms. The summed E-state index contributed by atoms with van der Waals surface area (Å²) < 4.78 is 0.967. The zero-order chi connectivity index (χ0) is 11.4. The molecule has 0 aliphatic heterocycles. The number of nitrogen functional groups attached to an aromatic ring is 1. The molecule has 3 nitrogen and oxygen atoms in total. The molecule has 0 aromatic heterocycles. The first-order valence-corrected chi connectivity index (χ1v) is 5.89. The number of nitrogens with two attached hydrogens (primary N) is 1. The standard InChI is InChI=1S/C11H14INO2/c1-2-7(11(14)15)6-8-4-3-5-9(13)10(8)12/h3-5,7H,2,6,13H2,1H3,(H,14,15). The van der Waals surface area contributed by atoms with E-state index in [1.165, 1.54) is 0 Å². The Bertz CT molecular complexity index is 366. The molecular weight excluding hydrogens is 305 g/mol. The van der Waals surface area contributed by atoms with E-state index in [4.69, 9.17) is 10.8 Å². The lowest BCUT2D eigenvalue weighted by Gasteiger charge is -2.12. The molecule has 0 radical (unpaired) electrons. The van der Waals surface area contributed by atoms with Crippen LogP contribution in [0.2, 0.25) is 0 Å². The summed E-state index contributed by atoms with van der Waals surface area (Å²) in [4.78, 5) is 10.9. The van der Waals surface area contributed by atoms with Gasteiger partial charge in [0.15, 0.2) is 0 Å². The SMILES string of the molecule is CCC(Cc1cccc(N)c1I)C(=O)O. The van der Waals surface area contributed by atoms with Gasteiger partial charge < -0.3 is 10.8 Å². The molecule has 4 heteroatoms. The van der Waals surface area contributed by atoms with Gasteiger partial charge in [-0.15, -0.1) is 0 Å². The molecule has 15 heavy (non-hydrogen) atoms. The van der Waals surface area contributed by atoms with Gasteiger partial charge in [0.25, 0.3) is 0 Å². The highest BCUT2D eigenvalue weighted by Crippen LogP contribution is 2.23. The maximum Gasteiger partial charge on any atom is 0.306 e. The van der Waals surface area contributed by atoms with Gasteiger partial charge in [0.1, 0.15) is 0 Å². The van der Waals surface area contributed by atoms with Crippen molar-refractivity contribution < 1.29 is 9.90 Å². The van der Waals surface area contributed by atoms with E-state index >= 15 is 0 Å². The second-order valence-electron chi connectivity index (χ2n) is 3.47. The number of benzene rings is 1. The lowest BCUT2D eigenvalue weighted by Crippen LogP contribution is -2.16. The lowest BCUT2D eigenvalue weighted by atomic mass is 9.97. The molecule has 1 atom stereocenters. The van der Waals surface area contributed by atoms with Crippen molar-refractivity contribution in [3.05, 3.63) is 27.3 Å². The Kier molecular flexibility index (Phi) is 4.38. The van der Waals surface area contributed by atoms with Gasteiger partial charge in [0, 0.05) is 9.26 Å². The molecule has 1 rings (SSSR count). The van der Waals surface area contributed by atoms with Crippen molar-refractivity contribution in [2.45, 2.75) is 19.8 Å². The van der Waals surface area contributed by atoms with E-state index in [1.807, 2.05) is 25.1 Å². The van der Waals surface area contributed by atoms with E-state index in [2.05, 4.69) is 22.6 Å². The smallest absolute Gasteiger partial charge is 0.306 e. The first-order chi connectivity index (χ1) is 7.06. The number of hydrogen-bond acceptors (Lipinski definition) is 2. The van der Waals surface area contributed by atoms with Crippen molar-refractivity contribution in [2.24, 2.45) is 5.92 Å². The normalized spacial score (nSPS) is 12.4. The first-order valence-electron chi connectivity index (χ1n) is 4.82. The summed E-state index contributed by atoms with van der Waals surface area (Å²) in [6.45, 7) is 1.89. The Morgan fingerprint density at radius 1 is 1.60 bits per heavy atom. The van der Waals surface area contributed by atoms with Crippen molar-refractivity contribution in [1.29, 1.82) is 0 Å². The summed E-state index contributed by atoms with van der Waals surface area (Å²) in [6, 6.07) is 5.62. The maximum atomic E-state index is 10.9. The van der Waals surface area contributed by atoms with Crippen LogP contribution in [-0.4, -0.2) is 11.1 Å². The molecule has 3 N–H and O–H groups in total. The van der Waals surface area contributed by atoms with Crippen molar-refractivity contribution >= 4 is 34.2 Å². The highest BCUT2D eigenvalue weighted by Gasteiger charge is 2.17. The molecule has 0 heterocycles. The van der Waals surface area contributed by atoms with Crippen LogP contribution in [0.1, 0.15) is 18.9 Å². The van der Waals surface area contributed by atoms with Crippen molar-refractivity contribution in [3.8, 4) is 0 Å². The molecule has 0 saturated carbocycles. The third-order valence-electron chi connectivity index (χ3n) is 2.42. The number of carbonyl (C=O) groups is 1. The fourth-order valence-electron chi connectivity index (χ4n) is 1.43. The number of hydrogen-bond donors (Lipinski definition) is 2. The average Bonchev–Trinajstić information content (AvgIpc) is 2.19. The highest BCUT2D eigenvalue weighted by molar-refractivity contribution is 14.1. The van der Waals surface area contributed by atoms with E-state index in [0.29, 0.717) is 18.5 Å². The molecule has 0 amide bonds. The minimum absolute atomic E-state index is 0.319. The van der Waals surface area contributed by atoms with Gasteiger partial charge in [-0.3, -0.25) is 4.79 Å². The van der Waals surface area contributed by atoms with E-state index in [1.54, 1.807) is 0 Å². The number of anilines is 1. The van der Waals surface area contributed by atoms with Crippen LogP contribution < -0.4 is 5.73 Å². The Morgan fingerprint density at radius 3 is 2.80 bits per heavy atom. The van der Waals surface area contributed by atoms with Crippen LogP contribution in [0, 0.1) is 9.49 Å². The number of carboxylic acid groups (broad SMARTS) is 1. The topological polar surface area (TPSA) is 63.3 Å². The Balaban J connectivity index is 2.88. The zero-order valence-corrected chi connectivity index (χ0v) is 10.7. The monoisotopic (exact) mass is 319 g/mol. The molecule has 1 aromatic carbocycles. The molecule has 0 saturated heterocycles. The van der Waals surface area contributed by atoms with Crippen LogP contribution in [0.5, 0.6) is 0 Å². The van der Waals surface area contributed by atoms with Crippen molar-refractivity contribution in [1.82, 2.24) is 0 Å². The van der Waals surface area contributed by atoms with Gasteiger partial charge in [-0.05, 0) is 47.1 Å². The summed E-state index contributed by atoms with van der Waals surface area (Å²) in [5.41, 5.74) is 7.49. The summed E-state index contributed by atoms with van der Waals surface area (Å²) in [7, 11) is 0. The van der Waals surface area contributed by atoms with E-state index in [-0.39, 0.29) is 5.92 Å². The Morgan fingerprint density at radius 2 is 2.27 bits per heavy atom. The Labute approximate surface area is 103 Å². The molecule has 0 fully saturated rings. The quantitative estimate of drug-likeness (QED) is 0.662. The van der Waals surface area contributed by atoms with Gasteiger partial charge in [-0.25, -0.2) is 0 Å². The average molecular weight is 319 g/mol. The molecule has 1 unspecified atom stereocenters. The molecule has 0 spiro atoms. The molecule has 82 valence electrons. The number of halogens is 1. The second kappa shape index (κ2) is 5.34. The zero-order valence-electron chi connectivity index (χ0n) is 8.53. The van der Waals surface area contributed by atoms with E-state index in [0.717, 1.165) is 9.13 Å². The Hall–Kier alpha value is -0.780. The van der Waals surface area contributed by atoms with Crippen LogP contribution in [0.3, 0.4) is 0 Å². The van der Waals surface area contributed by atoms with Crippen molar-refractivity contribution in [2.75, 3.05) is 5.73 Å². The molecule has 1 aromatic rings. The molecular formula is C11H14INO2. The van der Waals surface area contributed by atoms with Crippen LogP contribution in [0.15, 0.2) is 18.2 Å². The largest absolute Gasteiger partial charge is 0.481 e. The molecule has 0 aliphatic rings. The van der Waals surface area contributed by atoms with Gasteiger partial charge in [-0.1, -0.05) is 19.1 Å². The van der Waals surface area contributed by atoms with Gasteiger partial charge in [0.2, 0.25) is 0 Å². The number of carboxylic acids is 1. The summed E-state index contributed by atoms with van der Waals surface area (Å²) in [5, 5.41) is 8.96. The van der Waals surface area contributed by atoms with Crippen LogP contribution in [0.4, 0.5) is 5.69 Å². The van der Waals surface area contributed by atoms with Crippen LogP contribution in [-0.2, 0) is 11.2 Å². The van der Waals surface area contributed by atoms with E-state index < -0.39 is 5.97 Å². The van der Waals surface area contributed by atoms with Gasteiger partial charge in [-0.2, -0.15) is 0 Å².